The van der Waals surface area contributed by atoms with Gasteiger partial charge in [0.1, 0.15) is 0 Å². The summed E-state index contributed by atoms with van der Waals surface area (Å²) in [5, 5.41) is 0. The molecule has 1 spiro atoms. The fourth-order valence-corrected chi connectivity index (χ4v) is 5.00. The fraction of sp³-hybridized carbons (Fsp3) is 0.650. The minimum atomic E-state index is -0.717. The van der Waals surface area contributed by atoms with Crippen LogP contribution in [0.5, 0.6) is 0 Å². The summed E-state index contributed by atoms with van der Waals surface area (Å²) in [7, 11) is 0. The zero-order chi connectivity index (χ0) is 16.6. The number of nitrogens with two attached hydrogens (primary N) is 1. The van der Waals surface area contributed by atoms with Crippen molar-refractivity contribution in [2.45, 2.75) is 55.9 Å². The minimum Gasteiger partial charge on any atom is -0.381 e. The van der Waals surface area contributed by atoms with Crippen LogP contribution in [0, 0.1) is 0 Å². The van der Waals surface area contributed by atoms with Crippen molar-refractivity contribution < 1.29 is 9.53 Å². The van der Waals surface area contributed by atoms with E-state index in [1.165, 1.54) is 36.8 Å². The van der Waals surface area contributed by atoms with E-state index in [0.717, 1.165) is 19.5 Å². The second kappa shape index (κ2) is 7.26. The highest BCUT2D eigenvalue weighted by Crippen LogP contribution is 2.44. The Balaban J connectivity index is 0.00000182. The largest absolute Gasteiger partial charge is 0.381 e. The van der Waals surface area contributed by atoms with Crippen molar-refractivity contribution in [1.29, 1.82) is 0 Å². The standard InChI is InChI=1S/C20H28N2O2.ClH/c21-20(10-13-24-14-11-20)18(23)22-12-4-9-19(15-22)8-3-6-16-5-1-2-7-17(16)19;/h1-2,5,7H,3-4,6,8-15,21H2;1H. The first kappa shape index (κ1) is 18.7. The number of piperidine rings is 1. The molecular formula is C20H29ClN2O2. The van der Waals surface area contributed by atoms with Crippen LogP contribution in [0.15, 0.2) is 24.3 Å². The maximum absolute atomic E-state index is 13.2. The van der Waals surface area contributed by atoms with E-state index in [1.807, 2.05) is 0 Å². The van der Waals surface area contributed by atoms with Gasteiger partial charge in [-0.15, -0.1) is 12.4 Å². The van der Waals surface area contributed by atoms with Gasteiger partial charge in [-0.25, -0.2) is 0 Å². The molecule has 2 saturated heterocycles. The normalized spacial score (nSPS) is 28.1. The number of rotatable bonds is 1. The van der Waals surface area contributed by atoms with Crippen LogP contribution in [0.2, 0.25) is 0 Å². The number of hydrogen-bond donors (Lipinski definition) is 1. The summed E-state index contributed by atoms with van der Waals surface area (Å²) in [6, 6.07) is 8.84. The number of carbonyl (C=O) groups is 1. The van der Waals surface area contributed by atoms with Crippen molar-refractivity contribution in [1.82, 2.24) is 4.90 Å². The Morgan fingerprint density at radius 1 is 1.08 bits per heavy atom. The number of ether oxygens (including phenoxy) is 1. The van der Waals surface area contributed by atoms with Crippen molar-refractivity contribution in [2.24, 2.45) is 5.73 Å². The van der Waals surface area contributed by atoms with Gasteiger partial charge in [0.15, 0.2) is 0 Å². The Hall–Kier alpha value is -1.10. The summed E-state index contributed by atoms with van der Waals surface area (Å²) in [5.74, 6) is 0.146. The smallest absolute Gasteiger partial charge is 0.242 e. The lowest BCUT2D eigenvalue weighted by Gasteiger charge is -2.48. The van der Waals surface area contributed by atoms with Gasteiger partial charge in [0.2, 0.25) is 5.91 Å². The lowest BCUT2D eigenvalue weighted by Crippen LogP contribution is -2.61. The number of fused-ring (bicyclic) bond motifs is 2. The SMILES string of the molecule is Cl.NC1(C(=O)N2CCCC3(CCCc4ccccc43)C2)CCOCC1. The number of hydrogen-bond acceptors (Lipinski definition) is 3. The molecule has 2 heterocycles. The lowest BCUT2D eigenvalue weighted by atomic mass is 9.65. The number of halogens is 1. The molecular weight excluding hydrogens is 336 g/mol. The summed E-state index contributed by atoms with van der Waals surface area (Å²) in [6.45, 7) is 2.89. The molecule has 2 N–H and O–H groups in total. The van der Waals surface area contributed by atoms with Gasteiger partial charge in [0.25, 0.3) is 0 Å². The Morgan fingerprint density at radius 3 is 2.60 bits per heavy atom. The monoisotopic (exact) mass is 364 g/mol. The van der Waals surface area contributed by atoms with Gasteiger partial charge in [-0.05, 0) is 56.1 Å². The van der Waals surface area contributed by atoms with Crippen LogP contribution in [0.1, 0.15) is 49.7 Å². The van der Waals surface area contributed by atoms with E-state index in [2.05, 4.69) is 29.2 Å². The van der Waals surface area contributed by atoms with Crippen molar-refractivity contribution in [3.63, 3.8) is 0 Å². The van der Waals surface area contributed by atoms with Crippen molar-refractivity contribution >= 4 is 18.3 Å². The fourth-order valence-electron chi connectivity index (χ4n) is 5.00. The average molecular weight is 365 g/mol. The summed E-state index contributed by atoms with van der Waals surface area (Å²) < 4.78 is 5.41. The number of benzene rings is 1. The zero-order valence-corrected chi connectivity index (χ0v) is 15.7. The maximum atomic E-state index is 13.2. The molecule has 1 amide bonds. The first-order valence-corrected chi connectivity index (χ1v) is 9.37. The first-order valence-electron chi connectivity index (χ1n) is 9.37. The predicted molar refractivity (Wildman–Crippen MR) is 101 cm³/mol. The molecule has 0 aromatic heterocycles. The number of amides is 1. The highest BCUT2D eigenvalue weighted by Gasteiger charge is 2.45. The number of carbonyl (C=O) groups excluding carboxylic acids is 1. The maximum Gasteiger partial charge on any atom is 0.242 e. The van der Waals surface area contributed by atoms with Gasteiger partial charge in [-0.3, -0.25) is 4.79 Å². The van der Waals surface area contributed by atoms with Gasteiger partial charge >= 0.3 is 0 Å². The van der Waals surface area contributed by atoms with Gasteiger partial charge < -0.3 is 15.4 Å². The number of likely N-dealkylation sites (tertiary alicyclic amines) is 1. The molecule has 4 nitrogen and oxygen atoms in total. The third-order valence-electron chi connectivity index (χ3n) is 6.37. The Kier molecular flexibility index (Phi) is 5.42. The van der Waals surface area contributed by atoms with Crippen LogP contribution >= 0.6 is 12.4 Å². The van der Waals surface area contributed by atoms with Crippen LogP contribution in [0.4, 0.5) is 0 Å². The molecule has 1 unspecified atom stereocenters. The molecule has 3 aliphatic rings. The molecule has 1 aromatic rings. The van der Waals surface area contributed by atoms with E-state index >= 15 is 0 Å². The van der Waals surface area contributed by atoms with Crippen LogP contribution < -0.4 is 5.73 Å². The van der Waals surface area contributed by atoms with Crippen LogP contribution in [-0.2, 0) is 21.4 Å². The van der Waals surface area contributed by atoms with Crippen molar-refractivity contribution in [2.75, 3.05) is 26.3 Å². The number of nitrogens with zero attached hydrogens (tertiary/aromatic N) is 1. The van der Waals surface area contributed by atoms with Crippen molar-refractivity contribution in [3.8, 4) is 0 Å². The quantitative estimate of drug-likeness (QED) is 0.833. The molecule has 1 aliphatic carbocycles. The van der Waals surface area contributed by atoms with Crippen molar-refractivity contribution in [3.05, 3.63) is 35.4 Å². The molecule has 2 aliphatic heterocycles. The Morgan fingerprint density at radius 2 is 1.80 bits per heavy atom. The van der Waals surface area contributed by atoms with Crippen LogP contribution in [0.3, 0.4) is 0 Å². The van der Waals surface area contributed by atoms with E-state index in [1.54, 1.807) is 0 Å². The summed E-state index contributed by atoms with van der Waals surface area (Å²) in [6.07, 6.45) is 7.14. The second-order valence-electron chi connectivity index (χ2n) is 7.89. The lowest BCUT2D eigenvalue weighted by molar-refractivity contribution is -0.143. The first-order chi connectivity index (χ1) is 11.6. The van der Waals surface area contributed by atoms with E-state index in [0.29, 0.717) is 26.1 Å². The average Bonchev–Trinajstić information content (AvgIpc) is 2.62. The molecule has 0 bridgehead atoms. The van der Waals surface area contributed by atoms with Gasteiger partial charge in [-0.1, -0.05) is 24.3 Å². The van der Waals surface area contributed by atoms with Gasteiger partial charge in [0, 0.05) is 31.7 Å². The highest BCUT2D eigenvalue weighted by atomic mass is 35.5. The number of aryl methyl sites for hydroxylation is 1. The Labute approximate surface area is 156 Å². The van der Waals surface area contributed by atoms with Crippen LogP contribution in [-0.4, -0.2) is 42.6 Å². The summed E-state index contributed by atoms with van der Waals surface area (Å²) in [4.78, 5) is 15.2. The van der Waals surface area contributed by atoms with Gasteiger partial charge in [-0.2, -0.15) is 0 Å². The minimum absolute atomic E-state index is 0. The molecule has 1 aromatic carbocycles. The molecule has 0 radical (unpaired) electrons. The van der Waals surface area contributed by atoms with E-state index in [9.17, 15) is 4.79 Å². The second-order valence-corrected chi connectivity index (χ2v) is 7.89. The zero-order valence-electron chi connectivity index (χ0n) is 14.8. The highest BCUT2D eigenvalue weighted by molar-refractivity contribution is 5.86. The molecule has 138 valence electrons. The van der Waals surface area contributed by atoms with E-state index in [-0.39, 0.29) is 23.7 Å². The molecule has 5 heteroatoms. The summed E-state index contributed by atoms with van der Waals surface area (Å²) >= 11 is 0. The predicted octanol–water partition coefficient (Wildman–Crippen LogP) is 2.81. The van der Waals surface area contributed by atoms with E-state index < -0.39 is 5.54 Å². The molecule has 4 rings (SSSR count). The topological polar surface area (TPSA) is 55.6 Å². The molecule has 25 heavy (non-hydrogen) atoms. The summed E-state index contributed by atoms with van der Waals surface area (Å²) in [5.41, 5.74) is 8.86. The van der Waals surface area contributed by atoms with Gasteiger partial charge in [0.05, 0.1) is 5.54 Å². The molecule has 2 fully saturated rings. The third kappa shape index (κ3) is 3.32. The molecule has 1 atom stereocenters. The Bertz CT molecular complexity index is 630. The third-order valence-corrected chi connectivity index (χ3v) is 6.37. The van der Waals surface area contributed by atoms with E-state index in [4.69, 9.17) is 10.5 Å². The van der Waals surface area contributed by atoms with Crippen LogP contribution in [0.25, 0.3) is 0 Å². The molecule has 0 saturated carbocycles.